The molecule has 0 bridgehead atoms. The van der Waals surface area contributed by atoms with Crippen LogP contribution in [-0.4, -0.2) is 27.9 Å². The second kappa shape index (κ2) is 9.63. The van der Waals surface area contributed by atoms with Crippen LogP contribution in [0.5, 0.6) is 0 Å². The Balaban J connectivity index is 1.59. The van der Waals surface area contributed by atoms with Crippen LogP contribution >= 0.6 is 11.8 Å². The molecule has 2 aliphatic rings. The highest BCUT2D eigenvalue weighted by Crippen LogP contribution is 2.35. The standard InChI is InChI=1S/C20H23F3N4O2S/c1-12(13-7-3-2-4-8-13)26-27-19-25-18(29)16(30-19)11-17(28)24-15-10-6-5-9-14(15)20(21,22)23/h5-6,9-10,13,16H,2-4,7-8,11H2,1H3,(H,24,28)(H,25,27,29)/b26-12-. The molecule has 0 aromatic heterocycles. The predicted molar refractivity (Wildman–Crippen MR) is 111 cm³/mol. The van der Waals surface area contributed by atoms with Crippen molar-refractivity contribution in [1.29, 1.82) is 0 Å². The van der Waals surface area contributed by atoms with Crippen molar-refractivity contribution < 1.29 is 22.8 Å². The zero-order chi connectivity index (χ0) is 21.7. The fraction of sp³-hybridized carbons (Fsp3) is 0.500. The normalized spacial score (nSPS) is 22.3. The molecule has 1 aromatic rings. The lowest BCUT2D eigenvalue weighted by atomic mass is 9.86. The van der Waals surface area contributed by atoms with Crippen LogP contribution in [0, 0.1) is 5.92 Å². The summed E-state index contributed by atoms with van der Waals surface area (Å²) in [4.78, 5) is 24.4. The first-order chi connectivity index (χ1) is 14.2. The van der Waals surface area contributed by atoms with Gasteiger partial charge in [-0.05, 0) is 37.8 Å². The third-order valence-corrected chi connectivity index (χ3v) is 6.22. The van der Waals surface area contributed by atoms with Crippen molar-refractivity contribution in [3.8, 4) is 0 Å². The Kier molecular flexibility index (Phi) is 7.17. The number of hydrogen-bond acceptors (Lipinski definition) is 5. The number of halogens is 3. The molecule has 1 saturated heterocycles. The maximum Gasteiger partial charge on any atom is 0.418 e. The van der Waals surface area contributed by atoms with E-state index in [-0.39, 0.29) is 12.1 Å². The van der Waals surface area contributed by atoms with E-state index < -0.39 is 28.8 Å². The molecule has 0 spiro atoms. The first-order valence-corrected chi connectivity index (χ1v) is 10.7. The van der Waals surface area contributed by atoms with E-state index in [2.05, 4.69) is 20.8 Å². The van der Waals surface area contributed by atoms with Gasteiger partial charge in [0.05, 0.1) is 11.3 Å². The summed E-state index contributed by atoms with van der Waals surface area (Å²) in [6.07, 6.45) is 0.901. The van der Waals surface area contributed by atoms with Crippen molar-refractivity contribution in [1.82, 2.24) is 5.32 Å². The second-order valence-electron chi connectivity index (χ2n) is 7.37. The summed E-state index contributed by atoms with van der Waals surface area (Å²) in [5.41, 5.74) is -0.348. The number of benzene rings is 1. The Bertz CT molecular complexity index is 864. The van der Waals surface area contributed by atoms with Crippen LogP contribution in [-0.2, 0) is 15.8 Å². The Morgan fingerprint density at radius 2 is 1.93 bits per heavy atom. The van der Waals surface area contributed by atoms with Crippen LogP contribution in [0.2, 0.25) is 0 Å². The monoisotopic (exact) mass is 440 g/mol. The average molecular weight is 440 g/mol. The molecule has 6 nitrogen and oxygen atoms in total. The fourth-order valence-electron chi connectivity index (χ4n) is 3.52. The lowest BCUT2D eigenvalue weighted by molar-refractivity contribution is -0.137. The summed E-state index contributed by atoms with van der Waals surface area (Å²) in [7, 11) is 0. The quantitative estimate of drug-likeness (QED) is 0.519. The molecule has 0 radical (unpaired) electrons. The van der Waals surface area contributed by atoms with Crippen LogP contribution in [0.25, 0.3) is 0 Å². The van der Waals surface area contributed by atoms with Crippen molar-refractivity contribution in [2.45, 2.75) is 56.9 Å². The minimum absolute atomic E-state index is 0.271. The van der Waals surface area contributed by atoms with Gasteiger partial charge in [-0.1, -0.05) is 43.2 Å². The molecule has 30 heavy (non-hydrogen) atoms. The molecule has 1 aromatic carbocycles. The van der Waals surface area contributed by atoms with Crippen LogP contribution in [0.1, 0.15) is 51.0 Å². The molecule has 1 aliphatic heterocycles. The zero-order valence-electron chi connectivity index (χ0n) is 16.5. The molecule has 3 rings (SSSR count). The molecule has 162 valence electrons. The van der Waals surface area contributed by atoms with Crippen molar-refractivity contribution in [2.24, 2.45) is 16.1 Å². The number of rotatable bonds is 5. The number of thioether (sulfide) groups is 1. The minimum Gasteiger partial charge on any atom is -0.325 e. The summed E-state index contributed by atoms with van der Waals surface area (Å²) in [5.74, 6) is -0.688. The number of amides is 2. The fourth-order valence-corrected chi connectivity index (χ4v) is 4.44. The van der Waals surface area contributed by atoms with Gasteiger partial charge >= 0.3 is 6.18 Å². The molecule has 1 heterocycles. The van der Waals surface area contributed by atoms with E-state index in [1.165, 1.54) is 37.5 Å². The van der Waals surface area contributed by atoms with Gasteiger partial charge in [0.25, 0.3) is 0 Å². The van der Waals surface area contributed by atoms with Crippen LogP contribution in [0.15, 0.2) is 34.5 Å². The number of para-hydroxylation sites is 1. The SMILES string of the molecule is C/C(=N/N=C1\NC(=O)C(CC(=O)Nc2ccccc2C(F)(F)F)S1)C1CCCCC1. The van der Waals surface area contributed by atoms with Gasteiger partial charge in [0.2, 0.25) is 11.8 Å². The van der Waals surface area contributed by atoms with E-state index in [1.807, 2.05) is 6.92 Å². The molecule has 1 unspecified atom stereocenters. The van der Waals surface area contributed by atoms with E-state index in [9.17, 15) is 22.8 Å². The number of nitrogens with one attached hydrogen (secondary N) is 2. The van der Waals surface area contributed by atoms with E-state index in [1.54, 1.807) is 0 Å². The highest BCUT2D eigenvalue weighted by atomic mass is 32.2. The van der Waals surface area contributed by atoms with Gasteiger partial charge in [-0.15, -0.1) is 5.10 Å². The summed E-state index contributed by atoms with van der Waals surface area (Å²) in [5, 5.41) is 12.7. The van der Waals surface area contributed by atoms with E-state index in [4.69, 9.17) is 0 Å². The highest BCUT2D eigenvalue weighted by molar-refractivity contribution is 8.15. The van der Waals surface area contributed by atoms with Crippen LogP contribution in [0.4, 0.5) is 18.9 Å². The maximum atomic E-state index is 13.1. The molecule has 1 saturated carbocycles. The molecule has 2 amide bonds. The van der Waals surface area contributed by atoms with E-state index in [0.29, 0.717) is 11.1 Å². The van der Waals surface area contributed by atoms with Crippen LogP contribution in [0.3, 0.4) is 0 Å². The van der Waals surface area contributed by atoms with Gasteiger partial charge in [-0.2, -0.15) is 18.3 Å². The lowest BCUT2D eigenvalue weighted by Crippen LogP contribution is -2.28. The number of nitrogens with zero attached hydrogens (tertiary/aromatic N) is 2. The lowest BCUT2D eigenvalue weighted by Gasteiger charge is -2.20. The topological polar surface area (TPSA) is 82.9 Å². The average Bonchev–Trinajstić information content (AvgIpc) is 3.05. The first kappa shape index (κ1) is 22.3. The first-order valence-electron chi connectivity index (χ1n) is 9.80. The molecule has 2 N–H and O–H groups in total. The summed E-state index contributed by atoms with van der Waals surface area (Å²) in [6.45, 7) is 1.92. The molecule has 1 atom stereocenters. The largest absolute Gasteiger partial charge is 0.418 e. The van der Waals surface area contributed by atoms with Gasteiger partial charge in [0.15, 0.2) is 5.17 Å². The molecular formula is C20H23F3N4O2S. The number of alkyl halides is 3. The molecule has 2 fully saturated rings. The van der Waals surface area contributed by atoms with Gasteiger partial charge in [-0.25, -0.2) is 0 Å². The Labute approximate surface area is 176 Å². The predicted octanol–water partition coefficient (Wildman–Crippen LogP) is 4.58. The van der Waals surface area contributed by atoms with Crippen LogP contribution < -0.4 is 10.6 Å². The molecule has 10 heteroatoms. The molecular weight excluding hydrogens is 417 g/mol. The third-order valence-electron chi connectivity index (χ3n) is 5.15. The summed E-state index contributed by atoms with van der Waals surface area (Å²) >= 11 is 1.06. The Hall–Kier alpha value is -2.36. The maximum absolute atomic E-state index is 13.1. The van der Waals surface area contributed by atoms with Crippen molar-refractivity contribution in [2.75, 3.05) is 5.32 Å². The van der Waals surface area contributed by atoms with Gasteiger partial charge in [0, 0.05) is 12.1 Å². The smallest absolute Gasteiger partial charge is 0.325 e. The number of carbonyl (C=O) groups is 2. The highest BCUT2D eigenvalue weighted by Gasteiger charge is 2.35. The van der Waals surface area contributed by atoms with Gasteiger partial charge in [-0.3, -0.25) is 9.59 Å². The second-order valence-corrected chi connectivity index (χ2v) is 8.56. The molecule has 1 aliphatic carbocycles. The van der Waals surface area contributed by atoms with Gasteiger partial charge < -0.3 is 10.6 Å². The number of carbonyl (C=O) groups excluding carboxylic acids is 2. The van der Waals surface area contributed by atoms with E-state index >= 15 is 0 Å². The summed E-state index contributed by atoms with van der Waals surface area (Å²) in [6, 6.07) is 4.72. The third kappa shape index (κ3) is 5.84. The Morgan fingerprint density at radius 3 is 2.63 bits per heavy atom. The minimum atomic E-state index is -4.59. The Morgan fingerprint density at radius 1 is 1.23 bits per heavy atom. The zero-order valence-corrected chi connectivity index (χ0v) is 17.3. The van der Waals surface area contributed by atoms with E-state index in [0.717, 1.165) is 36.4 Å². The van der Waals surface area contributed by atoms with Gasteiger partial charge in [0.1, 0.15) is 5.25 Å². The van der Waals surface area contributed by atoms with Crippen molar-refractivity contribution in [3.05, 3.63) is 29.8 Å². The number of hydrogen-bond donors (Lipinski definition) is 2. The van der Waals surface area contributed by atoms with Crippen molar-refractivity contribution >= 4 is 40.1 Å². The number of anilines is 1. The number of amidine groups is 1. The summed E-state index contributed by atoms with van der Waals surface area (Å²) < 4.78 is 39.2. The van der Waals surface area contributed by atoms with Crippen molar-refractivity contribution in [3.63, 3.8) is 0 Å².